The van der Waals surface area contributed by atoms with Crippen LogP contribution in [0.2, 0.25) is 0 Å². The zero-order valence-corrected chi connectivity index (χ0v) is 15.1. The van der Waals surface area contributed by atoms with Crippen molar-refractivity contribution in [1.29, 1.82) is 0 Å². The smallest absolute Gasteiger partial charge is 0.263 e. The third-order valence-corrected chi connectivity index (χ3v) is 5.13. The summed E-state index contributed by atoms with van der Waals surface area (Å²) in [7, 11) is -3.71. The fourth-order valence-electron chi connectivity index (χ4n) is 2.48. The normalized spacial score (nSPS) is 11.5. The van der Waals surface area contributed by atoms with Gasteiger partial charge in [0.2, 0.25) is 0 Å². The Kier molecular flexibility index (Phi) is 4.54. The Bertz CT molecular complexity index is 994. The minimum absolute atomic E-state index is 0.191. The van der Waals surface area contributed by atoms with Crippen LogP contribution in [0.25, 0.3) is 5.82 Å². The molecule has 0 aliphatic heterocycles. The molecule has 0 unspecified atom stereocenters. The summed E-state index contributed by atoms with van der Waals surface area (Å²) >= 11 is 0. The van der Waals surface area contributed by atoms with Crippen LogP contribution in [0.4, 0.5) is 5.82 Å². The second-order valence-electron chi connectivity index (χ2n) is 5.70. The number of sulfonamides is 1. The van der Waals surface area contributed by atoms with E-state index in [-0.39, 0.29) is 10.7 Å². The molecule has 0 bridgehead atoms. The number of nitrogens with one attached hydrogen (secondary N) is 1. The van der Waals surface area contributed by atoms with E-state index in [4.69, 9.17) is 0 Å². The predicted octanol–water partition coefficient (Wildman–Crippen LogP) is 2.64. The molecule has 2 heterocycles. The molecule has 130 valence electrons. The molecule has 2 aromatic heterocycles. The first-order valence-electron chi connectivity index (χ1n) is 7.86. The van der Waals surface area contributed by atoms with Gasteiger partial charge in [-0.05, 0) is 44.0 Å². The summed E-state index contributed by atoms with van der Waals surface area (Å²) in [6, 6.07) is 10.2. The van der Waals surface area contributed by atoms with Crippen molar-refractivity contribution in [2.24, 2.45) is 0 Å². The van der Waals surface area contributed by atoms with Crippen LogP contribution in [-0.4, -0.2) is 28.2 Å². The molecule has 0 spiro atoms. The van der Waals surface area contributed by atoms with Gasteiger partial charge in [-0.3, -0.25) is 4.72 Å². The highest BCUT2D eigenvalue weighted by molar-refractivity contribution is 7.92. The Balaban J connectivity index is 1.89. The molecule has 1 N–H and O–H groups in total. The zero-order valence-electron chi connectivity index (χ0n) is 14.3. The van der Waals surface area contributed by atoms with Crippen LogP contribution in [0.5, 0.6) is 0 Å². The molecule has 0 amide bonds. The van der Waals surface area contributed by atoms with Gasteiger partial charge in [-0.25, -0.2) is 23.1 Å². The monoisotopic (exact) mass is 357 g/mol. The molecule has 0 saturated heterocycles. The molecule has 3 rings (SSSR count). The maximum Gasteiger partial charge on any atom is 0.263 e. The first kappa shape index (κ1) is 17.1. The van der Waals surface area contributed by atoms with Gasteiger partial charge in [-0.2, -0.15) is 5.10 Å². The van der Waals surface area contributed by atoms with Gasteiger partial charge in [0.1, 0.15) is 12.1 Å². The molecule has 25 heavy (non-hydrogen) atoms. The molecule has 0 saturated carbocycles. The van der Waals surface area contributed by atoms with E-state index in [1.165, 1.54) is 6.33 Å². The maximum absolute atomic E-state index is 12.5. The molecule has 0 fully saturated rings. The van der Waals surface area contributed by atoms with E-state index in [2.05, 4.69) is 19.8 Å². The van der Waals surface area contributed by atoms with Crippen LogP contribution in [-0.2, 0) is 16.4 Å². The summed E-state index contributed by atoms with van der Waals surface area (Å²) in [5.74, 6) is 0.691. The summed E-state index contributed by atoms with van der Waals surface area (Å²) in [5.41, 5.74) is 2.84. The van der Waals surface area contributed by atoms with Crippen molar-refractivity contribution in [3.8, 4) is 5.82 Å². The lowest BCUT2D eigenvalue weighted by Crippen LogP contribution is -2.15. The molecule has 0 aliphatic rings. The summed E-state index contributed by atoms with van der Waals surface area (Å²) in [5, 5.41) is 4.34. The van der Waals surface area contributed by atoms with Crippen molar-refractivity contribution < 1.29 is 8.42 Å². The van der Waals surface area contributed by atoms with E-state index in [1.807, 2.05) is 26.8 Å². The Labute approximate surface area is 146 Å². The standard InChI is InChI=1S/C17H19N5O2S/c1-4-14-5-7-15(8-6-14)25(23,24)21-16-10-17(19-11-18-16)22-13(3)9-12(2)20-22/h5-11H,4H2,1-3H3,(H,18,19,21). The lowest BCUT2D eigenvalue weighted by molar-refractivity contribution is 0.601. The van der Waals surface area contributed by atoms with Gasteiger partial charge >= 0.3 is 0 Å². The van der Waals surface area contributed by atoms with Crippen LogP contribution in [0.15, 0.2) is 47.6 Å². The van der Waals surface area contributed by atoms with Gasteiger partial charge < -0.3 is 0 Å². The molecular formula is C17H19N5O2S. The Morgan fingerprint density at radius 2 is 1.80 bits per heavy atom. The molecule has 0 radical (unpaired) electrons. The lowest BCUT2D eigenvalue weighted by Gasteiger charge is -2.09. The molecule has 8 heteroatoms. The Morgan fingerprint density at radius 1 is 1.08 bits per heavy atom. The molecule has 0 atom stereocenters. The predicted molar refractivity (Wildman–Crippen MR) is 95.3 cm³/mol. The van der Waals surface area contributed by atoms with Gasteiger partial charge in [0.05, 0.1) is 10.6 Å². The average Bonchev–Trinajstić information content (AvgIpc) is 2.93. The largest absolute Gasteiger partial charge is 0.263 e. The van der Waals surface area contributed by atoms with E-state index in [0.29, 0.717) is 5.82 Å². The number of benzene rings is 1. The third kappa shape index (κ3) is 3.69. The minimum Gasteiger partial charge on any atom is -0.263 e. The van der Waals surface area contributed by atoms with Crippen LogP contribution in [0, 0.1) is 13.8 Å². The number of aryl methyl sites for hydroxylation is 3. The summed E-state index contributed by atoms with van der Waals surface area (Å²) < 4.78 is 29.2. The number of aromatic nitrogens is 4. The zero-order chi connectivity index (χ0) is 18.0. The SMILES string of the molecule is CCc1ccc(S(=O)(=O)Nc2cc(-n3nc(C)cc3C)ncn2)cc1. The molecular weight excluding hydrogens is 338 g/mol. The topological polar surface area (TPSA) is 89.8 Å². The molecule has 0 aliphatic carbocycles. The van der Waals surface area contributed by atoms with Crippen molar-refractivity contribution in [2.75, 3.05) is 4.72 Å². The van der Waals surface area contributed by atoms with Gasteiger partial charge in [0.25, 0.3) is 10.0 Å². The highest BCUT2D eigenvalue weighted by Gasteiger charge is 2.16. The van der Waals surface area contributed by atoms with Crippen LogP contribution >= 0.6 is 0 Å². The number of nitrogens with zero attached hydrogens (tertiary/aromatic N) is 4. The summed E-state index contributed by atoms with van der Waals surface area (Å²) in [6.07, 6.45) is 2.16. The van der Waals surface area contributed by atoms with E-state index in [0.717, 1.165) is 23.4 Å². The van der Waals surface area contributed by atoms with Crippen LogP contribution in [0.3, 0.4) is 0 Å². The van der Waals surface area contributed by atoms with Gasteiger partial charge in [0, 0.05) is 11.8 Å². The van der Waals surface area contributed by atoms with Crippen molar-refractivity contribution in [1.82, 2.24) is 19.7 Å². The van der Waals surface area contributed by atoms with Crippen molar-refractivity contribution >= 4 is 15.8 Å². The molecule has 1 aromatic carbocycles. The quantitative estimate of drug-likeness (QED) is 0.758. The molecule has 3 aromatic rings. The van der Waals surface area contributed by atoms with Crippen LogP contribution < -0.4 is 4.72 Å². The van der Waals surface area contributed by atoms with Gasteiger partial charge in [-0.15, -0.1) is 0 Å². The first-order valence-corrected chi connectivity index (χ1v) is 9.35. The van der Waals surface area contributed by atoms with Crippen molar-refractivity contribution in [3.05, 3.63) is 59.7 Å². The van der Waals surface area contributed by atoms with Crippen LogP contribution in [0.1, 0.15) is 23.9 Å². The van der Waals surface area contributed by atoms with Crippen molar-refractivity contribution in [3.63, 3.8) is 0 Å². The number of hydrogen-bond donors (Lipinski definition) is 1. The average molecular weight is 357 g/mol. The Morgan fingerprint density at radius 3 is 2.40 bits per heavy atom. The van der Waals surface area contributed by atoms with E-state index in [9.17, 15) is 8.42 Å². The second kappa shape index (κ2) is 6.64. The highest BCUT2D eigenvalue weighted by Crippen LogP contribution is 2.17. The first-order chi connectivity index (χ1) is 11.9. The minimum atomic E-state index is -3.71. The number of hydrogen-bond acceptors (Lipinski definition) is 5. The fourth-order valence-corrected chi connectivity index (χ4v) is 3.48. The van der Waals surface area contributed by atoms with Gasteiger partial charge in [-0.1, -0.05) is 19.1 Å². The maximum atomic E-state index is 12.5. The van der Waals surface area contributed by atoms with E-state index < -0.39 is 10.0 Å². The number of anilines is 1. The van der Waals surface area contributed by atoms with Gasteiger partial charge in [0.15, 0.2) is 5.82 Å². The van der Waals surface area contributed by atoms with E-state index in [1.54, 1.807) is 35.0 Å². The molecule has 7 nitrogen and oxygen atoms in total. The highest BCUT2D eigenvalue weighted by atomic mass is 32.2. The summed E-state index contributed by atoms with van der Waals surface area (Å²) in [4.78, 5) is 8.36. The van der Waals surface area contributed by atoms with Crippen molar-refractivity contribution in [2.45, 2.75) is 32.1 Å². The third-order valence-electron chi connectivity index (χ3n) is 3.76. The second-order valence-corrected chi connectivity index (χ2v) is 7.39. The lowest BCUT2D eigenvalue weighted by atomic mass is 10.2. The summed E-state index contributed by atoms with van der Waals surface area (Å²) in [6.45, 7) is 5.80. The fraction of sp³-hybridized carbons (Fsp3) is 0.235. The Hall–Kier alpha value is -2.74. The number of rotatable bonds is 5. The van der Waals surface area contributed by atoms with E-state index >= 15 is 0 Å².